The van der Waals surface area contributed by atoms with Gasteiger partial charge >= 0.3 is 0 Å². The van der Waals surface area contributed by atoms with E-state index in [4.69, 9.17) is 9.40 Å². The number of pyridine rings is 1. The number of hydrogen-bond acceptors (Lipinski definition) is 5. The topological polar surface area (TPSA) is 102 Å². The number of aromatic nitrogens is 3. The van der Waals surface area contributed by atoms with Gasteiger partial charge in [-0.05, 0) is 50.2 Å². The lowest BCUT2D eigenvalue weighted by Gasteiger charge is -2.18. The smallest absolute Gasteiger partial charge is 0.256 e. The minimum absolute atomic E-state index is 0.0703. The molecule has 0 saturated carbocycles. The van der Waals surface area contributed by atoms with Crippen LogP contribution >= 0.6 is 0 Å². The van der Waals surface area contributed by atoms with Crippen molar-refractivity contribution in [2.75, 3.05) is 10.6 Å². The zero-order chi connectivity index (χ0) is 23.8. The third-order valence-electron chi connectivity index (χ3n) is 5.13. The second-order valence-corrected chi connectivity index (χ2v) is 9.19. The monoisotopic (exact) mass is 445 g/mol. The SMILES string of the molecule is CC(C)n1ncc2c(C(=O)Nc3cccc(NC(=O)C(C)(C)C)c3)cc(-c3ccco3)nc21. The van der Waals surface area contributed by atoms with Gasteiger partial charge in [0.1, 0.15) is 5.69 Å². The summed E-state index contributed by atoms with van der Waals surface area (Å²) < 4.78 is 7.29. The van der Waals surface area contributed by atoms with Crippen molar-refractivity contribution in [2.24, 2.45) is 5.41 Å². The molecule has 33 heavy (non-hydrogen) atoms. The first kappa shape index (κ1) is 22.3. The number of benzene rings is 1. The Morgan fingerprint density at radius 3 is 2.39 bits per heavy atom. The molecule has 0 bridgehead atoms. The van der Waals surface area contributed by atoms with Crippen LogP contribution in [-0.4, -0.2) is 26.6 Å². The molecule has 8 heteroatoms. The Kier molecular flexibility index (Phi) is 5.76. The summed E-state index contributed by atoms with van der Waals surface area (Å²) in [4.78, 5) is 30.3. The summed E-state index contributed by atoms with van der Waals surface area (Å²) in [6.07, 6.45) is 3.22. The van der Waals surface area contributed by atoms with Gasteiger partial charge in [0.15, 0.2) is 11.4 Å². The highest BCUT2D eigenvalue weighted by Crippen LogP contribution is 2.28. The van der Waals surface area contributed by atoms with E-state index < -0.39 is 5.41 Å². The Labute approximate surface area is 192 Å². The minimum atomic E-state index is -0.527. The van der Waals surface area contributed by atoms with Gasteiger partial charge in [-0.3, -0.25) is 9.59 Å². The maximum atomic E-state index is 13.3. The summed E-state index contributed by atoms with van der Waals surface area (Å²) in [7, 11) is 0. The molecule has 0 atom stereocenters. The molecule has 0 saturated heterocycles. The zero-order valence-electron chi connectivity index (χ0n) is 19.3. The van der Waals surface area contributed by atoms with E-state index in [1.54, 1.807) is 59.6 Å². The van der Waals surface area contributed by atoms with E-state index in [1.165, 1.54) is 0 Å². The van der Waals surface area contributed by atoms with Crippen molar-refractivity contribution in [3.8, 4) is 11.5 Å². The van der Waals surface area contributed by atoms with Crippen LogP contribution in [0.4, 0.5) is 11.4 Å². The number of carbonyl (C=O) groups is 2. The molecular weight excluding hydrogens is 418 g/mol. The van der Waals surface area contributed by atoms with Crippen LogP contribution in [0.15, 0.2) is 59.3 Å². The fourth-order valence-corrected chi connectivity index (χ4v) is 3.33. The van der Waals surface area contributed by atoms with Crippen LogP contribution in [0.25, 0.3) is 22.5 Å². The van der Waals surface area contributed by atoms with Crippen LogP contribution in [0, 0.1) is 5.41 Å². The highest BCUT2D eigenvalue weighted by atomic mass is 16.3. The lowest BCUT2D eigenvalue weighted by atomic mass is 9.95. The van der Waals surface area contributed by atoms with E-state index in [0.29, 0.717) is 39.4 Å². The van der Waals surface area contributed by atoms with E-state index in [9.17, 15) is 9.59 Å². The largest absolute Gasteiger partial charge is 0.463 e. The van der Waals surface area contributed by atoms with E-state index in [0.717, 1.165) is 0 Å². The van der Waals surface area contributed by atoms with Crippen molar-refractivity contribution in [2.45, 2.75) is 40.7 Å². The molecule has 0 unspecified atom stereocenters. The van der Waals surface area contributed by atoms with Gasteiger partial charge in [0, 0.05) is 22.8 Å². The molecule has 0 fully saturated rings. The maximum Gasteiger partial charge on any atom is 0.256 e. The van der Waals surface area contributed by atoms with Crippen LogP contribution in [0.1, 0.15) is 51.0 Å². The number of rotatable bonds is 5. The van der Waals surface area contributed by atoms with Gasteiger partial charge in [0.25, 0.3) is 5.91 Å². The molecule has 4 rings (SSSR count). The van der Waals surface area contributed by atoms with Crippen LogP contribution in [-0.2, 0) is 4.79 Å². The maximum absolute atomic E-state index is 13.3. The number of hydrogen-bond donors (Lipinski definition) is 2. The first-order chi connectivity index (χ1) is 15.6. The number of nitrogens with zero attached hydrogens (tertiary/aromatic N) is 3. The molecule has 4 aromatic rings. The van der Waals surface area contributed by atoms with Crippen LogP contribution in [0.5, 0.6) is 0 Å². The fraction of sp³-hybridized carbons (Fsp3) is 0.280. The molecule has 3 heterocycles. The third-order valence-corrected chi connectivity index (χ3v) is 5.13. The molecule has 0 spiro atoms. The van der Waals surface area contributed by atoms with Crippen molar-refractivity contribution in [3.05, 3.63) is 60.5 Å². The van der Waals surface area contributed by atoms with Gasteiger partial charge in [-0.15, -0.1) is 0 Å². The van der Waals surface area contributed by atoms with E-state index in [-0.39, 0.29) is 17.9 Å². The number of fused-ring (bicyclic) bond motifs is 1. The van der Waals surface area contributed by atoms with Gasteiger partial charge in [-0.25, -0.2) is 9.67 Å². The summed E-state index contributed by atoms with van der Waals surface area (Å²) in [5.74, 6) is 0.151. The second kappa shape index (κ2) is 8.54. The molecular formula is C25H27N5O3. The predicted octanol–water partition coefficient (Wildman–Crippen LogP) is 5.51. The van der Waals surface area contributed by atoms with Gasteiger partial charge in [-0.2, -0.15) is 5.10 Å². The molecule has 1 aromatic carbocycles. The molecule has 2 amide bonds. The molecule has 0 radical (unpaired) electrons. The van der Waals surface area contributed by atoms with E-state index >= 15 is 0 Å². The van der Waals surface area contributed by atoms with Gasteiger partial charge < -0.3 is 15.1 Å². The molecule has 0 aliphatic carbocycles. The third kappa shape index (κ3) is 4.64. The number of carbonyl (C=O) groups excluding carboxylic acids is 2. The number of anilines is 2. The summed E-state index contributed by atoms with van der Waals surface area (Å²) >= 11 is 0. The Balaban J connectivity index is 1.69. The van der Waals surface area contributed by atoms with Crippen LogP contribution in [0.2, 0.25) is 0 Å². The molecule has 0 aliphatic heterocycles. The molecule has 8 nitrogen and oxygen atoms in total. The van der Waals surface area contributed by atoms with Crippen molar-refractivity contribution in [3.63, 3.8) is 0 Å². The van der Waals surface area contributed by atoms with E-state index in [2.05, 4.69) is 15.7 Å². The lowest BCUT2D eigenvalue weighted by Crippen LogP contribution is -2.27. The Bertz CT molecular complexity index is 1310. The zero-order valence-corrected chi connectivity index (χ0v) is 19.3. The van der Waals surface area contributed by atoms with Gasteiger partial charge in [0.05, 0.1) is 23.4 Å². The Morgan fingerprint density at radius 2 is 1.76 bits per heavy atom. The Hall–Kier alpha value is -3.94. The molecule has 3 aromatic heterocycles. The van der Waals surface area contributed by atoms with Crippen molar-refractivity contribution in [1.82, 2.24) is 14.8 Å². The van der Waals surface area contributed by atoms with Crippen LogP contribution in [0.3, 0.4) is 0 Å². The lowest BCUT2D eigenvalue weighted by molar-refractivity contribution is -0.123. The number of furan rings is 1. The standard InChI is InChI=1S/C25H27N5O3/c1-15(2)30-22-19(14-26-30)18(13-20(29-22)21-10-7-11-33-21)23(31)27-16-8-6-9-17(12-16)28-24(32)25(3,4)5/h6-15H,1-5H3,(H,27,31)(H,28,32). The average molecular weight is 446 g/mol. The molecule has 2 N–H and O–H groups in total. The quantitative estimate of drug-likeness (QED) is 0.422. The van der Waals surface area contributed by atoms with Crippen molar-refractivity contribution >= 4 is 34.2 Å². The second-order valence-electron chi connectivity index (χ2n) is 9.19. The first-order valence-corrected chi connectivity index (χ1v) is 10.8. The molecule has 0 aliphatic rings. The van der Waals surface area contributed by atoms with Gasteiger partial charge in [0.2, 0.25) is 5.91 Å². The minimum Gasteiger partial charge on any atom is -0.463 e. The average Bonchev–Trinajstić information content (AvgIpc) is 3.42. The summed E-state index contributed by atoms with van der Waals surface area (Å²) in [6.45, 7) is 9.54. The Morgan fingerprint density at radius 1 is 1.03 bits per heavy atom. The predicted molar refractivity (Wildman–Crippen MR) is 128 cm³/mol. The fourth-order valence-electron chi connectivity index (χ4n) is 3.33. The van der Waals surface area contributed by atoms with Gasteiger partial charge in [-0.1, -0.05) is 26.8 Å². The number of nitrogens with one attached hydrogen (secondary N) is 2. The summed E-state index contributed by atoms with van der Waals surface area (Å²) in [5.41, 5.74) is 2.23. The van der Waals surface area contributed by atoms with Crippen LogP contribution < -0.4 is 10.6 Å². The number of amides is 2. The van der Waals surface area contributed by atoms with Crippen molar-refractivity contribution < 1.29 is 14.0 Å². The summed E-state index contributed by atoms with van der Waals surface area (Å²) in [5, 5.41) is 10.9. The first-order valence-electron chi connectivity index (χ1n) is 10.8. The van der Waals surface area contributed by atoms with Crippen molar-refractivity contribution in [1.29, 1.82) is 0 Å². The molecule has 170 valence electrons. The van der Waals surface area contributed by atoms with E-state index in [1.807, 2.05) is 34.6 Å². The highest BCUT2D eigenvalue weighted by molar-refractivity contribution is 6.12. The normalized spacial score (nSPS) is 11.7. The highest BCUT2D eigenvalue weighted by Gasteiger charge is 2.22. The summed E-state index contributed by atoms with van der Waals surface area (Å²) in [6, 6.07) is 12.4.